The molecule has 4 heteroatoms. The summed E-state index contributed by atoms with van der Waals surface area (Å²) in [6.07, 6.45) is 3.62. The Bertz CT molecular complexity index is 385. The number of hydrogen-bond acceptors (Lipinski definition) is 3. The Labute approximate surface area is 102 Å². The number of nitrogens with zero attached hydrogens (tertiary/aromatic N) is 3. The van der Waals surface area contributed by atoms with E-state index in [0.717, 1.165) is 13.1 Å². The Balaban J connectivity index is 1.89. The van der Waals surface area contributed by atoms with E-state index in [1.807, 2.05) is 55.3 Å². The van der Waals surface area contributed by atoms with Gasteiger partial charge in [0.15, 0.2) is 0 Å². The van der Waals surface area contributed by atoms with Crippen LogP contribution in [0.2, 0.25) is 0 Å². The molecule has 4 nitrogen and oxygen atoms in total. The number of carbonyl (C=O) groups excluding carboxylic acids is 1. The van der Waals surface area contributed by atoms with Gasteiger partial charge in [-0.3, -0.25) is 14.7 Å². The van der Waals surface area contributed by atoms with E-state index in [4.69, 9.17) is 0 Å². The molecule has 0 bridgehead atoms. The molecule has 0 unspecified atom stereocenters. The zero-order valence-electron chi connectivity index (χ0n) is 10.6. The second kappa shape index (κ2) is 4.84. The summed E-state index contributed by atoms with van der Waals surface area (Å²) in [7, 11) is 3.87. The molecule has 1 aromatic heterocycles. The van der Waals surface area contributed by atoms with E-state index in [9.17, 15) is 4.79 Å². The van der Waals surface area contributed by atoms with Crippen molar-refractivity contribution < 1.29 is 4.79 Å². The highest BCUT2D eigenvalue weighted by molar-refractivity contribution is 5.82. The predicted molar refractivity (Wildman–Crippen MR) is 66.7 cm³/mol. The van der Waals surface area contributed by atoms with Gasteiger partial charge in [-0.2, -0.15) is 0 Å². The summed E-state index contributed by atoms with van der Waals surface area (Å²) >= 11 is 0. The molecule has 2 heterocycles. The van der Waals surface area contributed by atoms with Gasteiger partial charge in [0.1, 0.15) is 0 Å². The summed E-state index contributed by atoms with van der Waals surface area (Å²) in [5.41, 5.74) is 1.28. The molecule has 1 fully saturated rings. The molecule has 0 spiro atoms. The zero-order valence-corrected chi connectivity index (χ0v) is 10.6. The van der Waals surface area contributed by atoms with Gasteiger partial charge in [-0.1, -0.05) is 0 Å². The van der Waals surface area contributed by atoms with Crippen molar-refractivity contribution in [3.8, 4) is 0 Å². The third kappa shape index (κ3) is 2.47. The van der Waals surface area contributed by atoms with Crippen LogP contribution in [0.4, 0.5) is 0 Å². The van der Waals surface area contributed by atoms with E-state index in [1.54, 1.807) is 0 Å². The second-order valence-electron chi connectivity index (χ2n) is 4.86. The molecule has 1 saturated heterocycles. The summed E-state index contributed by atoms with van der Waals surface area (Å²) in [5.74, 6) is 0.705. The second-order valence-corrected chi connectivity index (χ2v) is 4.86. The van der Waals surface area contributed by atoms with Crippen molar-refractivity contribution >= 4 is 5.91 Å². The lowest BCUT2D eigenvalue weighted by molar-refractivity contribution is -0.140. The highest BCUT2D eigenvalue weighted by Gasteiger charge is 2.34. The molecule has 0 radical (unpaired) electrons. The minimum absolute atomic E-state index is 0.0339. The van der Waals surface area contributed by atoms with Gasteiger partial charge in [0.25, 0.3) is 0 Å². The summed E-state index contributed by atoms with van der Waals surface area (Å²) < 4.78 is 0. The molecular formula is C13H19N3O. The third-order valence-corrected chi connectivity index (χ3v) is 3.50. The van der Waals surface area contributed by atoms with E-state index in [1.165, 1.54) is 5.56 Å². The van der Waals surface area contributed by atoms with E-state index in [0.29, 0.717) is 5.92 Å². The lowest BCUT2D eigenvalue weighted by Gasteiger charge is -2.41. The smallest absolute Gasteiger partial charge is 0.239 e. The zero-order chi connectivity index (χ0) is 12.4. The van der Waals surface area contributed by atoms with Crippen LogP contribution in [0.25, 0.3) is 0 Å². The molecule has 0 aliphatic carbocycles. The standard InChI is InChI=1S/C13H19N3O/c1-10(15(2)3)13(17)16-8-12(9-16)11-4-6-14-7-5-11/h4-7,10,12H,8-9H2,1-3H3/t10-/m1/s1. The van der Waals surface area contributed by atoms with Crippen LogP contribution in [0.1, 0.15) is 18.4 Å². The van der Waals surface area contributed by atoms with Gasteiger partial charge in [0.05, 0.1) is 6.04 Å². The normalized spacial score (nSPS) is 18.0. The molecule has 1 atom stereocenters. The van der Waals surface area contributed by atoms with Crippen molar-refractivity contribution in [2.24, 2.45) is 0 Å². The summed E-state index contributed by atoms with van der Waals surface area (Å²) in [4.78, 5) is 19.9. The fourth-order valence-electron chi connectivity index (χ4n) is 1.99. The molecule has 0 saturated carbocycles. The van der Waals surface area contributed by atoms with Crippen LogP contribution >= 0.6 is 0 Å². The van der Waals surface area contributed by atoms with Crippen LogP contribution in [-0.2, 0) is 4.79 Å². The van der Waals surface area contributed by atoms with Gasteiger partial charge in [-0.15, -0.1) is 0 Å². The molecule has 1 aliphatic rings. The molecule has 1 amide bonds. The fraction of sp³-hybridized carbons (Fsp3) is 0.538. The van der Waals surface area contributed by atoms with Crippen LogP contribution in [0.15, 0.2) is 24.5 Å². The van der Waals surface area contributed by atoms with Crippen LogP contribution in [0.5, 0.6) is 0 Å². The highest BCUT2D eigenvalue weighted by Crippen LogP contribution is 2.27. The molecule has 1 aliphatic heterocycles. The van der Waals surface area contributed by atoms with Crippen molar-refractivity contribution in [2.75, 3.05) is 27.2 Å². The maximum Gasteiger partial charge on any atom is 0.239 e. The molecule has 92 valence electrons. The quantitative estimate of drug-likeness (QED) is 0.780. The van der Waals surface area contributed by atoms with Crippen molar-refractivity contribution in [2.45, 2.75) is 18.9 Å². The lowest BCUT2D eigenvalue weighted by Crippen LogP contribution is -2.54. The average Bonchev–Trinajstić information content (AvgIpc) is 2.27. The molecule has 0 N–H and O–H groups in total. The number of rotatable bonds is 3. The Kier molecular flexibility index (Phi) is 3.43. The molecule has 1 aromatic rings. The predicted octanol–water partition coefficient (Wildman–Crippen LogP) is 0.958. The number of hydrogen-bond donors (Lipinski definition) is 0. The van der Waals surface area contributed by atoms with Crippen LogP contribution in [0.3, 0.4) is 0 Å². The molecule has 2 rings (SSSR count). The highest BCUT2D eigenvalue weighted by atomic mass is 16.2. The van der Waals surface area contributed by atoms with Gasteiger partial charge in [0.2, 0.25) is 5.91 Å². The monoisotopic (exact) mass is 233 g/mol. The van der Waals surface area contributed by atoms with Crippen LogP contribution in [0, 0.1) is 0 Å². The average molecular weight is 233 g/mol. The van der Waals surface area contributed by atoms with Crippen molar-refractivity contribution in [3.05, 3.63) is 30.1 Å². The topological polar surface area (TPSA) is 36.4 Å². The summed E-state index contributed by atoms with van der Waals surface area (Å²) in [5, 5.41) is 0. The third-order valence-electron chi connectivity index (χ3n) is 3.50. The number of aromatic nitrogens is 1. The maximum absolute atomic E-state index is 12.0. The minimum atomic E-state index is -0.0339. The molecule has 0 aromatic carbocycles. The van der Waals surface area contributed by atoms with Gasteiger partial charge >= 0.3 is 0 Å². The molecular weight excluding hydrogens is 214 g/mol. The van der Waals surface area contributed by atoms with Gasteiger partial charge in [-0.25, -0.2) is 0 Å². The number of amides is 1. The first-order valence-corrected chi connectivity index (χ1v) is 5.94. The first kappa shape index (κ1) is 12.0. The summed E-state index contributed by atoms with van der Waals surface area (Å²) in [6.45, 7) is 3.62. The Morgan fingerprint density at radius 2 is 2.00 bits per heavy atom. The van der Waals surface area contributed by atoms with Crippen molar-refractivity contribution in [1.29, 1.82) is 0 Å². The Hall–Kier alpha value is -1.42. The first-order chi connectivity index (χ1) is 8.09. The Morgan fingerprint density at radius 3 is 2.53 bits per heavy atom. The minimum Gasteiger partial charge on any atom is -0.340 e. The van der Waals surface area contributed by atoms with Gasteiger partial charge in [0, 0.05) is 31.4 Å². The number of likely N-dealkylation sites (N-methyl/N-ethyl adjacent to an activating group) is 1. The lowest BCUT2D eigenvalue weighted by atomic mass is 9.91. The number of carbonyl (C=O) groups is 1. The number of likely N-dealkylation sites (tertiary alicyclic amines) is 1. The SMILES string of the molecule is C[C@H](C(=O)N1CC(c2ccncc2)C1)N(C)C. The van der Waals surface area contributed by atoms with E-state index in [-0.39, 0.29) is 11.9 Å². The van der Waals surface area contributed by atoms with E-state index in [2.05, 4.69) is 4.98 Å². The van der Waals surface area contributed by atoms with E-state index >= 15 is 0 Å². The largest absolute Gasteiger partial charge is 0.340 e. The van der Waals surface area contributed by atoms with Crippen LogP contribution < -0.4 is 0 Å². The molecule has 17 heavy (non-hydrogen) atoms. The van der Waals surface area contributed by atoms with Crippen molar-refractivity contribution in [3.63, 3.8) is 0 Å². The Morgan fingerprint density at radius 1 is 1.41 bits per heavy atom. The van der Waals surface area contributed by atoms with Gasteiger partial charge < -0.3 is 4.90 Å². The van der Waals surface area contributed by atoms with E-state index < -0.39 is 0 Å². The van der Waals surface area contributed by atoms with Crippen molar-refractivity contribution in [1.82, 2.24) is 14.8 Å². The fourth-order valence-corrected chi connectivity index (χ4v) is 1.99. The number of pyridine rings is 1. The first-order valence-electron chi connectivity index (χ1n) is 5.94. The van der Waals surface area contributed by atoms with Gasteiger partial charge in [-0.05, 0) is 38.7 Å². The summed E-state index contributed by atoms with van der Waals surface area (Å²) in [6, 6.07) is 4.03. The van der Waals surface area contributed by atoms with Crippen LogP contribution in [-0.4, -0.2) is 53.9 Å². The maximum atomic E-state index is 12.0.